The molecule has 0 amide bonds. The minimum absolute atomic E-state index is 0.208. The zero-order valence-corrected chi connectivity index (χ0v) is 65.8. The van der Waals surface area contributed by atoms with Crippen LogP contribution in [0.5, 0.6) is 0 Å². The first-order valence-electron chi connectivity index (χ1n) is 41.3. The Hall–Kier alpha value is -12.3. The maximum Gasteiger partial charge on any atom is 0.494 e. The topological polar surface area (TPSA) is 44.2 Å². The molecule has 0 bridgehead atoms. The zero-order chi connectivity index (χ0) is 77.3. The number of hydrogen-bond acceptors (Lipinski definition) is 4. The van der Waals surface area contributed by atoms with E-state index >= 15 is 0 Å². The predicted molar refractivity (Wildman–Crippen MR) is 479 cm³/mol. The molecule has 3 fully saturated rings. The summed E-state index contributed by atoms with van der Waals surface area (Å²) in [5, 5.41) is 6.08. The Bertz CT molecular complexity index is 6610. The highest BCUT2D eigenvalue weighted by molar-refractivity contribution is 6.55. The number of benzene rings is 12. The van der Waals surface area contributed by atoms with Crippen molar-refractivity contribution in [1.82, 2.24) is 9.97 Å². The average Bonchev–Trinajstić information content (AvgIpc) is 1.50. The van der Waals surface area contributed by atoms with E-state index in [9.17, 15) is 0 Å². The molecule has 12 aromatic carbocycles. The molecule has 10 atom stereocenters. The quantitative estimate of drug-likeness (QED) is 0.123. The number of hydrogen-bond donors (Lipinski definition) is 0. The Morgan fingerprint density at radius 3 is 1.17 bits per heavy atom. The fraction of sp³-hybridized carbons (Fsp3) is 0.145. The smallest absolute Gasteiger partial charge is 0.399 e. The molecule has 6 heteroatoms. The minimum Gasteiger partial charge on any atom is -0.399 e. The molecule has 10 unspecified atom stereocenters. The molecule has 25 rings (SSSR count). The number of rotatable bonds is 6. The van der Waals surface area contributed by atoms with Crippen molar-refractivity contribution in [2.75, 3.05) is 0 Å². The molecule has 1 saturated heterocycles. The van der Waals surface area contributed by atoms with Gasteiger partial charge in [-0.1, -0.05) is 351 Å². The summed E-state index contributed by atoms with van der Waals surface area (Å²) < 4.78 is 13.3. The van der Waals surface area contributed by atoms with E-state index in [4.69, 9.17) is 25.9 Å². The highest BCUT2D eigenvalue weighted by atomic mass is 35.5. The largest absolute Gasteiger partial charge is 0.494 e. The van der Waals surface area contributed by atoms with Crippen molar-refractivity contribution in [3.05, 3.63) is 415 Å². The van der Waals surface area contributed by atoms with Gasteiger partial charge in [0.05, 0.1) is 28.3 Å². The van der Waals surface area contributed by atoms with E-state index in [1.807, 2.05) is 54.6 Å². The second kappa shape index (κ2) is 26.3. The van der Waals surface area contributed by atoms with E-state index in [1.165, 1.54) is 127 Å². The van der Waals surface area contributed by atoms with Gasteiger partial charge in [0.2, 0.25) is 0 Å². The molecular formula is C110H82BClN2O2. The van der Waals surface area contributed by atoms with Crippen molar-refractivity contribution in [1.29, 1.82) is 0 Å². The van der Waals surface area contributed by atoms with Crippen LogP contribution in [0.25, 0.3) is 139 Å². The van der Waals surface area contributed by atoms with E-state index in [0.717, 1.165) is 44.8 Å². The van der Waals surface area contributed by atoms with Gasteiger partial charge in [-0.05, 0) is 255 Å². The van der Waals surface area contributed by atoms with Gasteiger partial charge in [0.25, 0.3) is 0 Å². The molecule has 116 heavy (non-hydrogen) atoms. The van der Waals surface area contributed by atoms with Crippen LogP contribution in [0.1, 0.15) is 55.6 Å². The number of aromatic nitrogens is 2. The van der Waals surface area contributed by atoms with Crippen LogP contribution >= 0.6 is 11.6 Å². The predicted octanol–water partition coefficient (Wildman–Crippen LogP) is 27.3. The van der Waals surface area contributed by atoms with Gasteiger partial charge in [0, 0.05) is 22.0 Å². The first kappa shape index (κ1) is 69.2. The van der Waals surface area contributed by atoms with Crippen LogP contribution in [0.3, 0.4) is 0 Å². The normalized spacial score (nSPS) is 23.9. The Labute approximate surface area is 683 Å². The molecule has 2 saturated carbocycles. The van der Waals surface area contributed by atoms with Crippen LogP contribution in [0, 0.1) is 47.3 Å². The molecule has 2 spiro atoms. The lowest BCUT2D eigenvalue weighted by atomic mass is 9.61. The third kappa shape index (κ3) is 10.1. The van der Waals surface area contributed by atoms with Crippen LogP contribution in [0.2, 0.25) is 5.15 Å². The third-order valence-electron chi connectivity index (χ3n) is 28.2. The molecule has 4 nitrogen and oxygen atoms in total. The summed E-state index contributed by atoms with van der Waals surface area (Å²) in [6, 6.07) is 106. The second-order valence-electron chi connectivity index (χ2n) is 34.3. The monoisotopic (exact) mass is 1510 g/mol. The SMILES string of the molecule is C1=CC2C3C=CC(c4cc(-c5ccccc5)cc(-c5ccccc5)n4)=CC3C3(c4ccccc4-c4c3cc3c5c(cccc45)-c4ccccc4-3)C2C=C1.CC1(C)OB(C2=CC3C(C=C2)C2C=CC=CC2C32c3ccccc3-c3c2cc2c4c(cccc34)-c3ccccc3-2)OC1(C)C.Clc1cc(-c2ccccc2)cc(-c2ccccc2)n1. The first-order chi connectivity index (χ1) is 56.9. The van der Waals surface area contributed by atoms with Crippen molar-refractivity contribution in [2.24, 2.45) is 47.3 Å². The van der Waals surface area contributed by atoms with E-state index < -0.39 is 0 Å². The molecule has 1 aliphatic heterocycles. The first-order valence-corrected chi connectivity index (χ1v) is 41.7. The molecule has 0 N–H and O–H groups in total. The Balaban J connectivity index is 0.000000113. The fourth-order valence-electron chi connectivity index (χ4n) is 22.8. The molecular weight excluding hydrogens is 1430 g/mol. The van der Waals surface area contributed by atoms with Gasteiger partial charge in [-0.2, -0.15) is 0 Å². The van der Waals surface area contributed by atoms with E-state index in [2.05, 4.69) is 354 Å². The van der Waals surface area contributed by atoms with Gasteiger partial charge in [0.15, 0.2) is 0 Å². The lowest BCUT2D eigenvalue weighted by molar-refractivity contribution is 0.00578. The van der Waals surface area contributed by atoms with Gasteiger partial charge in [-0.25, -0.2) is 9.97 Å². The van der Waals surface area contributed by atoms with Gasteiger partial charge in [0.1, 0.15) is 5.15 Å². The standard InChI is InChI=1S/C52H35N.C41H35BO2.C17H12ClN/c1-3-14-32(15-4-1)35-29-48(33-16-5-2-6-17-33)53-49(30-35)34-26-27-39-38-20-9-11-24-44(38)52(46(39)28-34)45-25-12-10-21-41(45)51-42-23-13-22-40-36-18-7-8-19-37(36)43(50(40)42)31-47(51)52;1-39(2)40(3,4)44-42(43-39)24-20-21-28-27-14-7-9-18-33(27)41(35(28)22-24)34-19-10-8-15-30(34)38-31-17-11-16-29-25-12-5-6-13-26(25)32(37(29)31)23-36(38)41;18-17-12-15(13-7-3-1-4-8-13)11-16(19-17)14-9-5-2-6-10-14/h1-31,38-39,44,46H;5-23,27-28,33,35H,1-4H3;1-12H. The van der Waals surface area contributed by atoms with E-state index in [1.54, 1.807) is 0 Å². The molecule has 10 aliphatic carbocycles. The lowest BCUT2D eigenvalue weighted by Crippen LogP contribution is -2.41. The van der Waals surface area contributed by atoms with Gasteiger partial charge in [-0.3, -0.25) is 0 Å². The highest BCUT2D eigenvalue weighted by Crippen LogP contribution is 2.72. The van der Waals surface area contributed by atoms with Crippen LogP contribution in [-0.4, -0.2) is 28.3 Å². The minimum atomic E-state index is -0.378. The lowest BCUT2D eigenvalue weighted by Gasteiger charge is -2.39. The van der Waals surface area contributed by atoms with Crippen LogP contribution < -0.4 is 0 Å². The Morgan fingerprint density at radius 2 is 0.681 bits per heavy atom. The molecule has 11 aliphatic rings. The summed E-state index contributed by atoms with van der Waals surface area (Å²) in [5.41, 5.74) is 33.3. The number of pyridine rings is 2. The number of allylic oxidation sites excluding steroid dienone is 16. The summed E-state index contributed by atoms with van der Waals surface area (Å²) in [7, 11) is -0.372. The summed E-state index contributed by atoms with van der Waals surface area (Å²) in [6.45, 7) is 8.59. The molecule has 14 aromatic rings. The number of halogens is 1. The van der Waals surface area contributed by atoms with Gasteiger partial charge >= 0.3 is 7.12 Å². The molecule has 554 valence electrons. The zero-order valence-electron chi connectivity index (χ0n) is 65.1. The van der Waals surface area contributed by atoms with Crippen LogP contribution in [0.4, 0.5) is 0 Å². The number of fused-ring (bicyclic) bond motifs is 28. The van der Waals surface area contributed by atoms with Crippen molar-refractivity contribution >= 4 is 45.8 Å². The highest BCUT2D eigenvalue weighted by Gasteiger charge is 2.66. The second-order valence-corrected chi connectivity index (χ2v) is 34.7. The molecule has 3 heterocycles. The summed E-state index contributed by atoms with van der Waals surface area (Å²) in [6.07, 6.45) is 34.0. The van der Waals surface area contributed by atoms with E-state index in [-0.39, 0.29) is 41.0 Å². The summed E-state index contributed by atoms with van der Waals surface area (Å²) in [5.74, 6) is 2.71. The fourth-order valence-corrected chi connectivity index (χ4v) is 23.0. The van der Waals surface area contributed by atoms with E-state index in [0.29, 0.717) is 40.7 Å². The molecule has 2 aromatic heterocycles. The summed E-state index contributed by atoms with van der Waals surface area (Å²) >= 11 is 6.14. The Morgan fingerprint density at radius 1 is 0.302 bits per heavy atom. The molecule has 0 radical (unpaired) electrons. The van der Waals surface area contributed by atoms with Crippen molar-refractivity contribution in [2.45, 2.75) is 49.7 Å². The van der Waals surface area contributed by atoms with Crippen molar-refractivity contribution in [3.63, 3.8) is 0 Å². The third-order valence-corrected chi connectivity index (χ3v) is 28.4. The average molecular weight is 1510 g/mol. The van der Waals surface area contributed by atoms with Gasteiger partial charge < -0.3 is 9.31 Å². The van der Waals surface area contributed by atoms with Crippen molar-refractivity contribution < 1.29 is 9.31 Å². The van der Waals surface area contributed by atoms with Crippen LogP contribution in [0.15, 0.2) is 382 Å². The summed E-state index contributed by atoms with van der Waals surface area (Å²) in [4.78, 5) is 9.81. The Kier molecular flexibility index (Phi) is 15.7. The maximum atomic E-state index is 6.63. The van der Waals surface area contributed by atoms with Gasteiger partial charge in [-0.15, -0.1) is 0 Å². The maximum absolute atomic E-state index is 6.63. The van der Waals surface area contributed by atoms with Crippen LogP contribution in [-0.2, 0) is 20.1 Å². The van der Waals surface area contributed by atoms with Crippen molar-refractivity contribution in [3.8, 4) is 112 Å². The number of nitrogens with zero attached hydrogens (tertiary/aromatic N) is 2.